The van der Waals surface area contributed by atoms with Crippen molar-refractivity contribution in [2.75, 3.05) is 5.73 Å². The lowest BCUT2D eigenvalue weighted by Gasteiger charge is -2.02. The molecular weight excluding hydrogens is 197 g/mol. The third-order valence-electron chi connectivity index (χ3n) is 2.06. The highest BCUT2D eigenvalue weighted by Gasteiger charge is 2.04. The van der Waals surface area contributed by atoms with Crippen LogP contribution in [0.25, 0.3) is 11.1 Å². The van der Waals surface area contributed by atoms with Gasteiger partial charge in [-0.2, -0.15) is 0 Å². The zero-order valence-electron chi connectivity index (χ0n) is 7.75. The minimum absolute atomic E-state index is 0.293. The molecular formula is C11H10FNS. The van der Waals surface area contributed by atoms with Crippen LogP contribution in [-0.4, -0.2) is 0 Å². The number of rotatable bonds is 1. The molecule has 0 spiro atoms. The van der Waals surface area contributed by atoms with Crippen molar-refractivity contribution >= 4 is 17.0 Å². The highest BCUT2D eigenvalue weighted by Crippen LogP contribution is 2.29. The average Bonchev–Trinajstić information content (AvgIpc) is 2.51. The Morgan fingerprint density at radius 1 is 1.29 bits per heavy atom. The van der Waals surface area contributed by atoms with Crippen molar-refractivity contribution < 1.29 is 4.39 Å². The molecule has 1 aromatic carbocycles. The molecule has 0 bridgehead atoms. The SMILES string of the molecule is Cc1cc(-c2ccc(F)cc2N)cs1. The maximum atomic E-state index is 12.8. The average molecular weight is 207 g/mol. The van der Waals surface area contributed by atoms with Crippen molar-refractivity contribution in [3.05, 3.63) is 40.3 Å². The Morgan fingerprint density at radius 2 is 2.07 bits per heavy atom. The molecule has 0 radical (unpaired) electrons. The summed E-state index contributed by atoms with van der Waals surface area (Å²) in [6.07, 6.45) is 0. The molecule has 1 heterocycles. The van der Waals surface area contributed by atoms with Gasteiger partial charge in [-0.3, -0.25) is 0 Å². The number of halogens is 1. The van der Waals surface area contributed by atoms with Gasteiger partial charge in [0, 0.05) is 16.1 Å². The number of hydrogen-bond acceptors (Lipinski definition) is 2. The van der Waals surface area contributed by atoms with Crippen LogP contribution < -0.4 is 5.73 Å². The zero-order chi connectivity index (χ0) is 10.1. The predicted octanol–water partition coefficient (Wildman–Crippen LogP) is 3.44. The van der Waals surface area contributed by atoms with Gasteiger partial charge in [0.15, 0.2) is 0 Å². The minimum Gasteiger partial charge on any atom is -0.398 e. The van der Waals surface area contributed by atoms with E-state index in [2.05, 4.69) is 0 Å². The first-order chi connectivity index (χ1) is 6.66. The summed E-state index contributed by atoms with van der Waals surface area (Å²) in [5.74, 6) is -0.293. The van der Waals surface area contributed by atoms with Gasteiger partial charge in [-0.25, -0.2) is 4.39 Å². The Hall–Kier alpha value is -1.35. The van der Waals surface area contributed by atoms with E-state index in [-0.39, 0.29) is 5.82 Å². The fraction of sp³-hybridized carbons (Fsp3) is 0.0909. The van der Waals surface area contributed by atoms with E-state index in [1.807, 2.05) is 18.4 Å². The number of hydrogen-bond donors (Lipinski definition) is 1. The smallest absolute Gasteiger partial charge is 0.125 e. The van der Waals surface area contributed by atoms with E-state index in [0.717, 1.165) is 11.1 Å². The summed E-state index contributed by atoms with van der Waals surface area (Å²) in [6.45, 7) is 2.04. The molecule has 1 aromatic heterocycles. The zero-order valence-corrected chi connectivity index (χ0v) is 8.57. The maximum absolute atomic E-state index is 12.8. The number of anilines is 1. The van der Waals surface area contributed by atoms with Gasteiger partial charge in [-0.05, 0) is 42.1 Å². The molecule has 2 aromatic rings. The first-order valence-corrected chi connectivity index (χ1v) is 5.15. The summed E-state index contributed by atoms with van der Waals surface area (Å²) in [7, 11) is 0. The first kappa shape index (κ1) is 9.21. The molecule has 14 heavy (non-hydrogen) atoms. The van der Waals surface area contributed by atoms with Crippen LogP contribution in [-0.2, 0) is 0 Å². The third-order valence-corrected chi connectivity index (χ3v) is 2.92. The quantitative estimate of drug-likeness (QED) is 0.712. The van der Waals surface area contributed by atoms with Gasteiger partial charge in [0.05, 0.1) is 0 Å². The largest absolute Gasteiger partial charge is 0.398 e. The van der Waals surface area contributed by atoms with Crippen LogP contribution in [0.2, 0.25) is 0 Å². The van der Waals surface area contributed by atoms with E-state index >= 15 is 0 Å². The van der Waals surface area contributed by atoms with Crippen molar-refractivity contribution in [1.29, 1.82) is 0 Å². The molecule has 2 rings (SSSR count). The summed E-state index contributed by atoms with van der Waals surface area (Å²) in [5.41, 5.74) is 8.18. The van der Waals surface area contributed by atoms with E-state index in [9.17, 15) is 4.39 Å². The van der Waals surface area contributed by atoms with Gasteiger partial charge in [0.25, 0.3) is 0 Å². The molecule has 1 nitrogen and oxygen atoms in total. The van der Waals surface area contributed by atoms with Gasteiger partial charge in [-0.1, -0.05) is 0 Å². The Balaban J connectivity index is 2.52. The van der Waals surface area contributed by atoms with Crippen molar-refractivity contribution in [2.45, 2.75) is 6.92 Å². The van der Waals surface area contributed by atoms with Crippen LogP contribution in [0.4, 0.5) is 10.1 Å². The molecule has 0 atom stereocenters. The van der Waals surface area contributed by atoms with E-state index in [1.165, 1.54) is 17.0 Å². The summed E-state index contributed by atoms with van der Waals surface area (Å²) in [6, 6.07) is 6.54. The van der Waals surface area contributed by atoms with E-state index in [4.69, 9.17) is 5.73 Å². The Bertz CT molecular complexity index is 462. The lowest BCUT2D eigenvalue weighted by atomic mass is 10.1. The Kier molecular flexibility index (Phi) is 2.25. The topological polar surface area (TPSA) is 26.0 Å². The van der Waals surface area contributed by atoms with Gasteiger partial charge in [-0.15, -0.1) is 11.3 Å². The summed E-state index contributed by atoms with van der Waals surface area (Å²) < 4.78 is 12.8. The van der Waals surface area contributed by atoms with E-state index in [0.29, 0.717) is 5.69 Å². The van der Waals surface area contributed by atoms with Crippen LogP contribution in [0.1, 0.15) is 4.88 Å². The number of benzene rings is 1. The second kappa shape index (κ2) is 3.42. The molecule has 72 valence electrons. The van der Waals surface area contributed by atoms with Crippen molar-refractivity contribution in [1.82, 2.24) is 0 Å². The fourth-order valence-corrected chi connectivity index (χ4v) is 2.08. The third kappa shape index (κ3) is 1.63. The predicted molar refractivity (Wildman–Crippen MR) is 58.9 cm³/mol. The summed E-state index contributed by atoms with van der Waals surface area (Å²) >= 11 is 1.66. The van der Waals surface area contributed by atoms with E-state index in [1.54, 1.807) is 17.4 Å². The second-order valence-electron chi connectivity index (χ2n) is 3.18. The fourth-order valence-electron chi connectivity index (χ4n) is 1.38. The summed E-state index contributed by atoms with van der Waals surface area (Å²) in [5, 5.41) is 2.03. The molecule has 0 unspecified atom stereocenters. The molecule has 0 aliphatic heterocycles. The summed E-state index contributed by atoms with van der Waals surface area (Å²) in [4.78, 5) is 1.23. The van der Waals surface area contributed by atoms with Crippen molar-refractivity contribution in [3.63, 3.8) is 0 Å². The number of thiophene rings is 1. The minimum atomic E-state index is -0.293. The Morgan fingerprint density at radius 3 is 2.64 bits per heavy atom. The van der Waals surface area contributed by atoms with Crippen LogP contribution in [0, 0.1) is 12.7 Å². The monoisotopic (exact) mass is 207 g/mol. The van der Waals surface area contributed by atoms with Crippen molar-refractivity contribution in [2.24, 2.45) is 0 Å². The maximum Gasteiger partial charge on any atom is 0.125 e. The highest BCUT2D eigenvalue weighted by atomic mass is 32.1. The first-order valence-electron chi connectivity index (χ1n) is 4.27. The lowest BCUT2D eigenvalue weighted by Crippen LogP contribution is -1.89. The van der Waals surface area contributed by atoms with Gasteiger partial charge < -0.3 is 5.73 Å². The van der Waals surface area contributed by atoms with Crippen LogP contribution >= 0.6 is 11.3 Å². The second-order valence-corrected chi connectivity index (χ2v) is 4.29. The van der Waals surface area contributed by atoms with Gasteiger partial charge in [0.1, 0.15) is 5.82 Å². The van der Waals surface area contributed by atoms with Crippen LogP contribution in [0.15, 0.2) is 29.6 Å². The molecule has 0 aliphatic rings. The van der Waals surface area contributed by atoms with E-state index < -0.39 is 0 Å². The van der Waals surface area contributed by atoms with Gasteiger partial charge >= 0.3 is 0 Å². The molecule has 0 aliphatic carbocycles. The van der Waals surface area contributed by atoms with Crippen LogP contribution in [0.5, 0.6) is 0 Å². The number of nitrogens with two attached hydrogens (primary N) is 1. The lowest BCUT2D eigenvalue weighted by molar-refractivity contribution is 0.628. The molecule has 0 amide bonds. The molecule has 0 saturated heterocycles. The Labute approximate surface area is 86.0 Å². The standard InChI is InChI=1S/C11H10FNS/c1-7-4-8(6-14-7)10-3-2-9(12)5-11(10)13/h2-6H,13H2,1H3. The van der Waals surface area contributed by atoms with Crippen LogP contribution in [0.3, 0.4) is 0 Å². The van der Waals surface area contributed by atoms with Gasteiger partial charge in [0.2, 0.25) is 0 Å². The highest BCUT2D eigenvalue weighted by molar-refractivity contribution is 7.10. The normalized spacial score (nSPS) is 10.4. The van der Waals surface area contributed by atoms with Crippen molar-refractivity contribution in [3.8, 4) is 11.1 Å². The number of aryl methyl sites for hydroxylation is 1. The molecule has 3 heteroatoms. The number of nitrogen functional groups attached to an aromatic ring is 1. The molecule has 2 N–H and O–H groups in total. The molecule has 0 saturated carbocycles. The molecule has 0 fully saturated rings.